The molecule has 20 heavy (non-hydrogen) atoms. The second kappa shape index (κ2) is 4.93. The van der Waals surface area contributed by atoms with Crippen LogP contribution in [0.3, 0.4) is 0 Å². The molecule has 1 atom stereocenters. The van der Waals surface area contributed by atoms with Crippen molar-refractivity contribution in [2.45, 2.75) is 51.1 Å². The van der Waals surface area contributed by atoms with Crippen molar-refractivity contribution in [1.82, 2.24) is 4.90 Å². The first kappa shape index (κ1) is 13.2. The van der Waals surface area contributed by atoms with E-state index in [1.165, 1.54) is 0 Å². The van der Waals surface area contributed by atoms with Crippen molar-refractivity contribution in [1.29, 1.82) is 0 Å². The number of fused-ring (bicyclic) bond motifs is 1. The van der Waals surface area contributed by atoms with Crippen molar-refractivity contribution in [2.75, 3.05) is 5.32 Å². The number of anilines is 1. The third kappa shape index (κ3) is 2.30. The summed E-state index contributed by atoms with van der Waals surface area (Å²) >= 11 is 0. The fourth-order valence-electron chi connectivity index (χ4n) is 3.02. The number of nitrogens with zero attached hydrogens (tertiary/aromatic N) is 1. The third-order valence-corrected chi connectivity index (χ3v) is 4.05. The highest BCUT2D eigenvalue weighted by Gasteiger charge is 2.40. The van der Waals surface area contributed by atoms with Gasteiger partial charge >= 0.3 is 0 Å². The number of hydrogen-bond acceptors (Lipinski definition) is 2. The predicted octanol–water partition coefficient (Wildman–Crippen LogP) is 2.51. The molecule has 1 aromatic rings. The van der Waals surface area contributed by atoms with E-state index in [0.717, 1.165) is 24.1 Å². The van der Waals surface area contributed by atoms with Crippen molar-refractivity contribution in [3.63, 3.8) is 0 Å². The Labute approximate surface area is 119 Å². The van der Waals surface area contributed by atoms with Gasteiger partial charge in [-0.05, 0) is 38.3 Å². The lowest BCUT2D eigenvalue weighted by atomic mass is 9.89. The molecular formula is C16H20N2O2. The molecular weight excluding hydrogens is 252 g/mol. The quantitative estimate of drug-likeness (QED) is 0.919. The van der Waals surface area contributed by atoms with Crippen LogP contribution < -0.4 is 5.32 Å². The normalized spacial score (nSPS) is 21.4. The van der Waals surface area contributed by atoms with Gasteiger partial charge in [-0.2, -0.15) is 0 Å². The molecule has 3 rings (SSSR count). The molecule has 0 saturated heterocycles. The molecule has 1 aliphatic carbocycles. The summed E-state index contributed by atoms with van der Waals surface area (Å²) in [7, 11) is 0. The van der Waals surface area contributed by atoms with Crippen LogP contribution in [0.25, 0.3) is 0 Å². The van der Waals surface area contributed by atoms with Gasteiger partial charge in [0.2, 0.25) is 11.8 Å². The molecule has 1 saturated carbocycles. The zero-order chi connectivity index (χ0) is 14.3. The lowest BCUT2D eigenvalue weighted by Crippen LogP contribution is -2.43. The molecule has 106 valence electrons. The van der Waals surface area contributed by atoms with E-state index in [0.29, 0.717) is 6.04 Å². The van der Waals surface area contributed by atoms with Gasteiger partial charge in [0.25, 0.3) is 0 Å². The molecule has 1 aliphatic heterocycles. The van der Waals surface area contributed by atoms with Gasteiger partial charge in [0.15, 0.2) is 0 Å². The van der Waals surface area contributed by atoms with Crippen LogP contribution in [-0.4, -0.2) is 28.8 Å². The molecule has 0 radical (unpaired) electrons. The van der Waals surface area contributed by atoms with E-state index in [1.54, 1.807) is 0 Å². The van der Waals surface area contributed by atoms with Crippen LogP contribution in [0.1, 0.15) is 44.6 Å². The molecule has 2 aliphatic rings. The monoisotopic (exact) mass is 272 g/mol. The molecule has 4 nitrogen and oxygen atoms in total. The number of benzene rings is 1. The second-order valence-electron chi connectivity index (χ2n) is 5.96. The summed E-state index contributed by atoms with van der Waals surface area (Å²) in [6.07, 6.45) is 2.43. The summed E-state index contributed by atoms with van der Waals surface area (Å²) in [5, 5.41) is 2.85. The van der Waals surface area contributed by atoms with E-state index in [9.17, 15) is 9.59 Å². The Bertz CT molecular complexity index is 547. The minimum atomic E-state index is -0.331. The summed E-state index contributed by atoms with van der Waals surface area (Å²) in [5.41, 5.74) is 1.73. The molecule has 2 amide bonds. The Morgan fingerprint density at radius 1 is 1.30 bits per heavy atom. The molecule has 1 heterocycles. The lowest BCUT2D eigenvalue weighted by Gasteiger charge is -2.33. The Morgan fingerprint density at radius 3 is 2.65 bits per heavy atom. The Balaban J connectivity index is 1.93. The van der Waals surface area contributed by atoms with Crippen molar-refractivity contribution < 1.29 is 9.59 Å². The molecule has 0 spiro atoms. The van der Waals surface area contributed by atoms with Gasteiger partial charge in [-0.1, -0.05) is 18.2 Å². The van der Waals surface area contributed by atoms with Crippen LogP contribution in [0.2, 0.25) is 0 Å². The molecule has 4 heteroatoms. The maximum atomic E-state index is 12.9. The van der Waals surface area contributed by atoms with Crippen LogP contribution >= 0.6 is 0 Å². The van der Waals surface area contributed by atoms with Gasteiger partial charge in [-0.15, -0.1) is 0 Å². The topological polar surface area (TPSA) is 49.4 Å². The number of carbonyl (C=O) groups excluding carboxylic acids is 2. The van der Waals surface area contributed by atoms with E-state index >= 15 is 0 Å². The standard InChI is InChI=1S/C16H20N2O2/c1-10(2)18(11-7-8-11)16(20)13-9-15(19)17-14-6-4-3-5-12(13)14/h3-6,10-11,13H,7-9H2,1-2H3,(H,17,19). The van der Waals surface area contributed by atoms with E-state index in [2.05, 4.69) is 5.32 Å². The Hall–Kier alpha value is -1.84. The van der Waals surface area contributed by atoms with Gasteiger partial charge in [0.1, 0.15) is 0 Å². The highest BCUT2D eigenvalue weighted by Crippen LogP contribution is 2.37. The summed E-state index contributed by atoms with van der Waals surface area (Å²) < 4.78 is 0. The smallest absolute Gasteiger partial charge is 0.231 e. The summed E-state index contributed by atoms with van der Waals surface area (Å²) in [5.74, 6) is -0.297. The van der Waals surface area contributed by atoms with Crippen LogP contribution in [0.4, 0.5) is 5.69 Å². The van der Waals surface area contributed by atoms with Gasteiger partial charge in [-0.3, -0.25) is 9.59 Å². The molecule has 1 fully saturated rings. The van der Waals surface area contributed by atoms with Crippen molar-refractivity contribution in [2.24, 2.45) is 0 Å². The SMILES string of the molecule is CC(C)N(C(=O)C1CC(=O)Nc2ccccc21)C1CC1. The van der Waals surface area contributed by atoms with Gasteiger partial charge in [0.05, 0.1) is 5.92 Å². The first-order valence-corrected chi connectivity index (χ1v) is 7.29. The number of para-hydroxylation sites is 1. The lowest BCUT2D eigenvalue weighted by molar-refractivity contribution is -0.137. The van der Waals surface area contributed by atoms with Crippen molar-refractivity contribution in [3.8, 4) is 0 Å². The number of amides is 2. The van der Waals surface area contributed by atoms with E-state index in [4.69, 9.17) is 0 Å². The first-order valence-electron chi connectivity index (χ1n) is 7.29. The average molecular weight is 272 g/mol. The molecule has 1 N–H and O–H groups in total. The third-order valence-electron chi connectivity index (χ3n) is 4.05. The summed E-state index contributed by atoms with van der Waals surface area (Å²) in [6.45, 7) is 4.09. The number of carbonyl (C=O) groups is 2. The van der Waals surface area contributed by atoms with E-state index < -0.39 is 0 Å². The maximum Gasteiger partial charge on any atom is 0.231 e. The highest BCUT2D eigenvalue weighted by atomic mass is 16.2. The molecule has 0 aromatic heterocycles. The highest BCUT2D eigenvalue weighted by molar-refractivity contribution is 6.01. The summed E-state index contributed by atoms with van der Waals surface area (Å²) in [6, 6.07) is 8.18. The fourth-order valence-corrected chi connectivity index (χ4v) is 3.02. The molecule has 1 unspecified atom stereocenters. The van der Waals surface area contributed by atoms with Gasteiger partial charge < -0.3 is 10.2 Å². The second-order valence-corrected chi connectivity index (χ2v) is 5.96. The molecule has 0 bridgehead atoms. The molecule has 1 aromatic carbocycles. The van der Waals surface area contributed by atoms with E-state index in [-0.39, 0.29) is 30.2 Å². The zero-order valence-corrected chi connectivity index (χ0v) is 11.9. The summed E-state index contributed by atoms with van der Waals surface area (Å²) in [4.78, 5) is 26.7. The first-order chi connectivity index (χ1) is 9.58. The number of nitrogens with one attached hydrogen (secondary N) is 1. The van der Waals surface area contributed by atoms with Crippen molar-refractivity contribution in [3.05, 3.63) is 29.8 Å². The number of rotatable bonds is 3. The minimum absolute atomic E-state index is 0.0680. The van der Waals surface area contributed by atoms with Crippen LogP contribution in [0.5, 0.6) is 0 Å². The van der Waals surface area contributed by atoms with Crippen LogP contribution in [0, 0.1) is 0 Å². The van der Waals surface area contributed by atoms with Crippen molar-refractivity contribution >= 4 is 17.5 Å². The van der Waals surface area contributed by atoms with Gasteiger partial charge in [-0.25, -0.2) is 0 Å². The largest absolute Gasteiger partial charge is 0.337 e. The average Bonchev–Trinajstić information content (AvgIpc) is 3.21. The number of hydrogen-bond donors (Lipinski definition) is 1. The Morgan fingerprint density at radius 2 is 2.00 bits per heavy atom. The fraction of sp³-hybridized carbons (Fsp3) is 0.500. The zero-order valence-electron chi connectivity index (χ0n) is 11.9. The van der Waals surface area contributed by atoms with E-state index in [1.807, 2.05) is 43.0 Å². The maximum absolute atomic E-state index is 12.9. The van der Waals surface area contributed by atoms with Crippen LogP contribution in [0.15, 0.2) is 24.3 Å². The minimum Gasteiger partial charge on any atom is -0.337 e. The Kier molecular flexibility index (Phi) is 3.24. The predicted molar refractivity (Wildman–Crippen MR) is 77.4 cm³/mol. The van der Waals surface area contributed by atoms with Gasteiger partial charge in [0, 0.05) is 24.2 Å². The van der Waals surface area contributed by atoms with Crippen LogP contribution in [-0.2, 0) is 9.59 Å².